The van der Waals surface area contributed by atoms with Gasteiger partial charge in [-0.25, -0.2) is 0 Å². The Kier molecular flexibility index (Phi) is 6.70. The van der Waals surface area contributed by atoms with Crippen LogP contribution in [0.2, 0.25) is 0 Å². The number of aryl methyl sites for hydroxylation is 3. The number of carbonyl (C=O) groups is 2. The summed E-state index contributed by atoms with van der Waals surface area (Å²) in [6.07, 6.45) is 3.45. The number of benzene rings is 2. The first-order valence-electron chi connectivity index (χ1n) is 8.60. The molecule has 0 aromatic heterocycles. The SMILES string of the molecule is CC(=O)C(=Cc1c(C)cccc1C)C(=O)NCCCc1ccccc1. The van der Waals surface area contributed by atoms with E-state index < -0.39 is 0 Å². The lowest BCUT2D eigenvalue weighted by Gasteiger charge is -2.09. The van der Waals surface area contributed by atoms with Crippen molar-refractivity contribution in [2.24, 2.45) is 0 Å². The fraction of sp³-hybridized carbons (Fsp3) is 0.273. The van der Waals surface area contributed by atoms with Gasteiger partial charge in [-0.15, -0.1) is 0 Å². The molecule has 2 aromatic rings. The average Bonchev–Trinajstić information content (AvgIpc) is 2.59. The monoisotopic (exact) mass is 335 g/mol. The lowest BCUT2D eigenvalue weighted by molar-refractivity contribution is -0.121. The zero-order valence-corrected chi connectivity index (χ0v) is 15.1. The molecule has 3 nitrogen and oxygen atoms in total. The van der Waals surface area contributed by atoms with Crippen molar-refractivity contribution in [2.45, 2.75) is 33.6 Å². The highest BCUT2D eigenvalue weighted by atomic mass is 16.2. The van der Waals surface area contributed by atoms with Gasteiger partial charge in [-0.2, -0.15) is 0 Å². The van der Waals surface area contributed by atoms with Crippen LogP contribution in [0.4, 0.5) is 0 Å². The summed E-state index contributed by atoms with van der Waals surface area (Å²) in [7, 11) is 0. The summed E-state index contributed by atoms with van der Waals surface area (Å²) >= 11 is 0. The van der Waals surface area contributed by atoms with Crippen LogP contribution in [0.3, 0.4) is 0 Å². The second-order valence-corrected chi connectivity index (χ2v) is 6.26. The third kappa shape index (κ3) is 5.42. The molecule has 0 saturated heterocycles. The van der Waals surface area contributed by atoms with E-state index in [4.69, 9.17) is 0 Å². The summed E-state index contributed by atoms with van der Waals surface area (Å²) in [4.78, 5) is 24.4. The molecule has 25 heavy (non-hydrogen) atoms. The number of hydrogen-bond donors (Lipinski definition) is 1. The van der Waals surface area contributed by atoms with Crippen LogP contribution in [0.5, 0.6) is 0 Å². The van der Waals surface area contributed by atoms with Crippen molar-refractivity contribution in [2.75, 3.05) is 6.54 Å². The predicted octanol–water partition coefficient (Wildman–Crippen LogP) is 4.02. The highest BCUT2D eigenvalue weighted by Crippen LogP contribution is 2.17. The molecular formula is C22H25NO2. The standard InChI is InChI=1S/C22H25NO2/c1-16-9-7-10-17(2)20(16)15-21(18(3)24)22(25)23-14-8-13-19-11-5-4-6-12-19/h4-7,9-12,15H,8,13-14H2,1-3H3,(H,23,25). The van der Waals surface area contributed by atoms with E-state index >= 15 is 0 Å². The maximum absolute atomic E-state index is 12.4. The first-order valence-corrected chi connectivity index (χ1v) is 8.60. The Bertz CT molecular complexity index is 756. The number of ketones is 1. The molecular weight excluding hydrogens is 310 g/mol. The average molecular weight is 335 g/mol. The Labute approximate surface area is 149 Å². The smallest absolute Gasteiger partial charge is 0.254 e. The van der Waals surface area contributed by atoms with Gasteiger partial charge in [0.2, 0.25) is 0 Å². The Morgan fingerprint density at radius 3 is 2.20 bits per heavy atom. The van der Waals surface area contributed by atoms with Crippen LogP contribution in [0.25, 0.3) is 6.08 Å². The molecule has 0 spiro atoms. The molecule has 0 heterocycles. The van der Waals surface area contributed by atoms with Crippen molar-refractivity contribution in [1.82, 2.24) is 5.32 Å². The molecule has 0 unspecified atom stereocenters. The van der Waals surface area contributed by atoms with E-state index in [-0.39, 0.29) is 17.3 Å². The fourth-order valence-corrected chi connectivity index (χ4v) is 2.76. The number of hydrogen-bond acceptors (Lipinski definition) is 2. The van der Waals surface area contributed by atoms with Crippen LogP contribution in [0, 0.1) is 13.8 Å². The quantitative estimate of drug-likeness (QED) is 0.359. The van der Waals surface area contributed by atoms with Crippen molar-refractivity contribution >= 4 is 17.8 Å². The Hall–Kier alpha value is -2.68. The van der Waals surface area contributed by atoms with E-state index in [0.717, 1.165) is 29.5 Å². The Morgan fingerprint density at radius 1 is 0.960 bits per heavy atom. The van der Waals surface area contributed by atoms with Crippen molar-refractivity contribution in [1.29, 1.82) is 0 Å². The Balaban J connectivity index is 2.01. The van der Waals surface area contributed by atoms with Gasteiger partial charge in [0.15, 0.2) is 5.78 Å². The molecule has 2 aromatic carbocycles. The second kappa shape index (κ2) is 8.97. The minimum Gasteiger partial charge on any atom is -0.352 e. The van der Waals surface area contributed by atoms with Gasteiger partial charge in [0.25, 0.3) is 5.91 Å². The van der Waals surface area contributed by atoms with E-state index in [1.807, 2.05) is 50.2 Å². The van der Waals surface area contributed by atoms with E-state index in [2.05, 4.69) is 17.4 Å². The molecule has 2 rings (SSSR count). The summed E-state index contributed by atoms with van der Waals surface area (Å²) in [6.45, 7) is 5.94. The third-order valence-electron chi connectivity index (χ3n) is 4.23. The van der Waals surface area contributed by atoms with Crippen LogP contribution in [0.1, 0.15) is 35.6 Å². The number of amides is 1. The van der Waals surface area contributed by atoms with Crippen LogP contribution in [-0.4, -0.2) is 18.2 Å². The van der Waals surface area contributed by atoms with Crippen LogP contribution in [-0.2, 0) is 16.0 Å². The number of rotatable bonds is 7. The summed E-state index contributed by atoms with van der Waals surface area (Å²) in [6, 6.07) is 16.1. The number of nitrogens with one attached hydrogen (secondary N) is 1. The van der Waals surface area contributed by atoms with Gasteiger partial charge >= 0.3 is 0 Å². The van der Waals surface area contributed by atoms with Gasteiger partial charge < -0.3 is 5.32 Å². The largest absolute Gasteiger partial charge is 0.352 e. The zero-order valence-electron chi connectivity index (χ0n) is 15.1. The lowest BCUT2D eigenvalue weighted by atomic mass is 9.99. The zero-order chi connectivity index (χ0) is 18.2. The van der Waals surface area contributed by atoms with E-state index in [0.29, 0.717) is 6.54 Å². The van der Waals surface area contributed by atoms with Gasteiger partial charge in [-0.1, -0.05) is 48.5 Å². The molecule has 0 saturated carbocycles. The number of carbonyl (C=O) groups excluding carboxylic acids is 2. The lowest BCUT2D eigenvalue weighted by Crippen LogP contribution is -2.28. The maximum atomic E-state index is 12.4. The highest BCUT2D eigenvalue weighted by molar-refractivity contribution is 6.21. The van der Waals surface area contributed by atoms with Gasteiger partial charge in [-0.3, -0.25) is 9.59 Å². The topological polar surface area (TPSA) is 46.2 Å². The van der Waals surface area contributed by atoms with Crippen molar-refractivity contribution in [3.8, 4) is 0 Å². The maximum Gasteiger partial charge on any atom is 0.254 e. The first kappa shape index (κ1) is 18.7. The van der Waals surface area contributed by atoms with Crippen molar-refractivity contribution in [3.63, 3.8) is 0 Å². The highest BCUT2D eigenvalue weighted by Gasteiger charge is 2.15. The van der Waals surface area contributed by atoms with E-state index in [1.165, 1.54) is 12.5 Å². The molecule has 0 atom stereocenters. The molecule has 0 bridgehead atoms. The summed E-state index contributed by atoms with van der Waals surface area (Å²) in [5.41, 5.74) is 4.49. The molecule has 130 valence electrons. The van der Waals surface area contributed by atoms with Crippen molar-refractivity contribution < 1.29 is 9.59 Å². The molecule has 0 aliphatic carbocycles. The van der Waals surface area contributed by atoms with Crippen LogP contribution in [0.15, 0.2) is 54.1 Å². The van der Waals surface area contributed by atoms with Gasteiger partial charge in [0.1, 0.15) is 0 Å². The second-order valence-electron chi connectivity index (χ2n) is 6.26. The summed E-state index contributed by atoms with van der Waals surface area (Å²) in [5.74, 6) is -0.522. The summed E-state index contributed by atoms with van der Waals surface area (Å²) in [5, 5.41) is 2.87. The first-order chi connectivity index (χ1) is 12.0. The van der Waals surface area contributed by atoms with Gasteiger partial charge in [-0.05, 0) is 61.9 Å². The molecule has 0 fully saturated rings. The van der Waals surface area contributed by atoms with Gasteiger partial charge in [0.05, 0.1) is 5.57 Å². The van der Waals surface area contributed by atoms with E-state index in [9.17, 15) is 9.59 Å². The molecule has 1 N–H and O–H groups in total. The van der Waals surface area contributed by atoms with Crippen LogP contribution < -0.4 is 5.32 Å². The van der Waals surface area contributed by atoms with E-state index in [1.54, 1.807) is 6.08 Å². The molecule has 0 radical (unpaired) electrons. The normalized spacial score (nSPS) is 11.2. The van der Waals surface area contributed by atoms with Crippen LogP contribution >= 0.6 is 0 Å². The number of Topliss-reactive ketones (excluding diaryl/α,β-unsaturated/α-hetero) is 1. The third-order valence-corrected chi connectivity index (χ3v) is 4.23. The van der Waals surface area contributed by atoms with Crippen molar-refractivity contribution in [3.05, 3.63) is 76.4 Å². The molecule has 0 aliphatic rings. The molecule has 3 heteroatoms. The van der Waals surface area contributed by atoms with Gasteiger partial charge in [0, 0.05) is 6.54 Å². The fourth-order valence-electron chi connectivity index (χ4n) is 2.76. The minimum absolute atomic E-state index is 0.206. The Morgan fingerprint density at radius 2 is 1.60 bits per heavy atom. The predicted molar refractivity (Wildman–Crippen MR) is 102 cm³/mol. The summed E-state index contributed by atoms with van der Waals surface area (Å²) < 4.78 is 0. The molecule has 0 aliphatic heterocycles. The minimum atomic E-state index is -0.303. The molecule has 1 amide bonds.